The van der Waals surface area contributed by atoms with Crippen molar-refractivity contribution in [3.63, 3.8) is 0 Å². The summed E-state index contributed by atoms with van der Waals surface area (Å²) >= 11 is 0. The molecule has 0 radical (unpaired) electrons. The fourth-order valence-corrected chi connectivity index (χ4v) is 3.40. The number of nitrogens with zero attached hydrogens (tertiary/aromatic N) is 3. The van der Waals surface area contributed by atoms with E-state index in [4.69, 9.17) is 4.74 Å². The molecule has 0 amide bonds. The van der Waals surface area contributed by atoms with E-state index in [0.717, 1.165) is 0 Å². The number of hydrogen-bond acceptors (Lipinski definition) is 5. The SMILES string of the molecule is CN(C)Cc1c(F)c(F)c(COC(=O)C(c2cnc(C(C)(C)C)nc2)C(C)(C)C)c(F)c1F. The Morgan fingerprint density at radius 3 is 1.76 bits per heavy atom. The van der Waals surface area contributed by atoms with Gasteiger partial charge in [0.25, 0.3) is 0 Å². The summed E-state index contributed by atoms with van der Waals surface area (Å²) in [7, 11) is 3.02. The van der Waals surface area contributed by atoms with Crippen LogP contribution in [0.5, 0.6) is 0 Å². The van der Waals surface area contributed by atoms with Crippen molar-refractivity contribution in [2.24, 2.45) is 5.41 Å². The van der Waals surface area contributed by atoms with Crippen LogP contribution in [0.25, 0.3) is 0 Å². The van der Waals surface area contributed by atoms with E-state index in [1.54, 1.807) is 20.8 Å². The molecule has 0 bridgehead atoms. The Labute approximate surface area is 192 Å². The van der Waals surface area contributed by atoms with E-state index in [1.807, 2.05) is 20.8 Å². The van der Waals surface area contributed by atoms with Gasteiger partial charge >= 0.3 is 5.97 Å². The first-order chi connectivity index (χ1) is 15.1. The van der Waals surface area contributed by atoms with Gasteiger partial charge in [0.1, 0.15) is 12.4 Å². The molecule has 1 unspecified atom stereocenters. The van der Waals surface area contributed by atoms with Crippen LogP contribution in [0, 0.1) is 28.7 Å². The van der Waals surface area contributed by atoms with Crippen molar-refractivity contribution in [1.82, 2.24) is 14.9 Å². The zero-order chi connectivity index (χ0) is 25.3. The third kappa shape index (κ3) is 6.07. The second-order valence-electron chi connectivity index (χ2n) is 10.4. The minimum absolute atomic E-state index is 0.293. The highest BCUT2D eigenvalue weighted by Crippen LogP contribution is 2.36. The van der Waals surface area contributed by atoms with Crippen LogP contribution in [0.4, 0.5) is 17.6 Å². The topological polar surface area (TPSA) is 55.3 Å². The predicted octanol–water partition coefficient (Wildman–Crippen LogP) is 5.27. The molecule has 33 heavy (non-hydrogen) atoms. The highest BCUT2D eigenvalue weighted by molar-refractivity contribution is 5.79. The van der Waals surface area contributed by atoms with E-state index in [-0.39, 0.29) is 12.0 Å². The lowest BCUT2D eigenvalue weighted by Crippen LogP contribution is -2.29. The first-order valence-corrected chi connectivity index (χ1v) is 10.5. The summed E-state index contributed by atoms with van der Waals surface area (Å²) in [5.74, 6) is -7.28. The molecular weight excluding hydrogens is 438 g/mol. The second-order valence-corrected chi connectivity index (χ2v) is 10.4. The monoisotopic (exact) mass is 469 g/mol. The molecule has 0 saturated heterocycles. The molecule has 0 saturated carbocycles. The summed E-state index contributed by atoms with van der Waals surface area (Å²) in [6, 6.07) is 0. The van der Waals surface area contributed by atoms with Gasteiger partial charge in [0, 0.05) is 35.5 Å². The van der Waals surface area contributed by atoms with Gasteiger partial charge < -0.3 is 9.64 Å². The van der Waals surface area contributed by atoms with Crippen molar-refractivity contribution in [3.8, 4) is 0 Å². The van der Waals surface area contributed by atoms with E-state index < -0.39 is 58.3 Å². The smallest absolute Gasteiger partial charge is 0.314 e. The summed E-state index contributed by atoms with van der Waals surface area (Å²) < 4.78 is 62.9. The van der Waals surface area contributed by atoms with E-state index in [0.29, 0.717) is 11.4 Å². The van der Waals surface area contributed by atoms with Gasteiger partial charge in [0.05, 0.1) is 11.5 Å². The van der Waals surface area contributed by atoms with Gasteiger partial charge in [0.2, 0.25) is 0 Å². The van der Waals surface area contributed by atoms with Crippen molar-refractivity contribution in [2.75, 3.05) is 14.1 Å². The predicted molar refractivity (Wildman–Crippen MR) is 116 cm³/mol. The second kappa shape index (κ2) is 9.75. The van der Waals surface area contributed by atoms with E-state index in [2.05, 4.69) is 9.97 Å². The summed E-state index contributed by atoms with van der Waals surface area (Å²) in [4.78, 5) is 23.0. The average Bonchev–Trinajstić information content (AvgIpc) is 2.68. The van der Waals surface area contributed by atoms with Crippen LogP contribution in [-0.4, -0.2) is 34.9 Å². The molecular formula is C24H31F4N3O2. The lowest BCUT2D eigenvalue weighted by Gasteiger charge is -2.29. The number of esters is 1. The van der Waals surface area contributed by atoms with E-state index in [1.165, 1.54) is 31.4 Å². The average molecular weight is 470 g/mol. The summed E-state index contributed by atoms with van der Waals surface area (Å²) in [6.45, 7) is 9.91. The Hall–Kier alpha value is -2.55. The molecule has 1 aromatic carbocycles. The highest BCUT2D eigenvalue weighted by atomic mass is 19.2. The van der Waals surface area contributed by atoms with Crippen LogP contribution in [0.1, 0.15) is 70.0 Å². The number of benzene rings is 1. The summed E-state index contributed by atoms with van der Waals surface area (Å²) in [6.07, 6.45) is 3.03. The van der Waals surface area contributed by atoms with Crippen LogP contribution in [0.15, 0.2) is 12.4 Å². The molecule has 2 rings (SSSR count). The number of ether oxygens (including phenoxy) is 1. The van der Waals surface area contributed by atoms with Crippen molar-refractivity contribution in [3.05, 3.63) is 58.2 Å². The molecule has 1 aromatic heterocycles. The van der Waals surface area contributed by atoms with E-state index in [9.17, 15) is 22.4 Å². The zero-order valence-corrected chi connectivity index (χ0v) is 20.3. The largest absolute Gasteiger partial charge is 0.460 e. The summed E-state index contributed by atoms with van der Waals surface area (Å²) in [5.41, 5.74) is -2.20. The molecule has 9 heteroatoms. The number of hydrogen-bond donors (Lipinski definition) is 0. The van der Waals surface area contributed by atoms with E-state index >= 15 is 0 Å². The molecule has 0 aliphatic rings. The fourth-order valence-electron chi connectivity index (χ4n) is 3.40. The maximum Gasteiger partial charge on any atom is 0.314 e. The Morgan fingerprint density at radius 1 is 0.909 bits per heavy atom. The first kappa shape index (κ1) is 26.7. The molecule has 0 aliphatic carbocycles. The van der Waals surface area contributed by atoms with Gasteiger partial charge in [-0.05, 0) is 19.5 Å². The molecule has 0 fully saturated rings. The fraction of sp³-hybridized carbons (Fsp3) is 0.542. The van der Waals surface area contributed by atoms with Crippen molar-refractivity contribution in [2.45, 2.75) is 66.0 Å². The lowest BCUT2D eigenvalue weighted by molar-refractivity contribution is -0.149. The van der Waals surface area contributed by atoms with Gasteiger partial charge in [-0.2, -0.15) is 0 Å². The van der Waals surface area contributed by atoms with Crippen LogP contribution in [0.2, 0.25) is 0 Å². The third-order valence-electron chi connectivity index (χ3n) is 5.06. The Balaban J connectivity index is 2.34. The zero-order valence-electron chi connectivity index (χ0n) is 20.3. The van der Waals surface area contributed by atoms with Gasteiger partial charge in [-0.25, -0.2) is 27.5 Å². The van der Waals surface area contributed by atoms with Crippen LogP contribution in [-0.2, 0) is 28.1 Å². The molecule has 182 valence electrons. The van der Waals surface area contributed by atoms with Gasteiger partial charge in [-0.15, -0.1) is 0 Å². The molecule has 5 nitrogen and oxygen atoms in total. The van der Waals surface area contributed by atoms with Gasteiger partial charge in [0.15, 0.2) is 23.3 Å². The Kier molecular flexibility index (Phi) is 7.89. The Morgan fingerprint density at radius 2 is 1.36 bits per heavy atom. The maximum absolute atomic E-state index is 14.5. The third-order valence-corrected chi connectivity index (χ3v) is 5.06. The maximum atomic E-state index is 14.5. The highest BCUT2D eigenvalue weighted by Gasteiger charge is 2.36. The number of carbonyl (C=O) groups excluding carboxylic acids is 1. The number of halogens is 4. The van der Waals surface area contributed by atoms with Gasteiger partial charge in [-0.3, -0.25) is 4.79 Å². The number of rotatable bonds is 6. The molecule has 1 heterocycles. The minimum atomic E-state index is -1.58. The molecule has 2 aromatic rings. The van der Waals surface area contributed by atoms with Crippen molar-refractivity contribution < 1.29 is 27.1 Å². The Bertz CT molecular complexity index is 981. The number of aromatic nitrogens is 2. The minimum Gasteiger partial charge on any atom is -0.460 e. The van der Waals surface area contributed by atoms with Crippen LogP contribution >= 0.6 is 0 Å². The molecule has 0 aliphatic heterocycles. The molecule has 0 N–H and O–H groups in total. The summed E-state index contributed by atoms with van der Waals surface area (Å²) in [5, 5.41) is 0. The first-order valence-electron chi connectivity index (χ1n) is 10.5. The van der Waals surface area contributed by atoms with Crippen molar-refractivity contribution in [1.29, 1.82) is 0 Å². The normalized spacial score (nSPS) is 13.4. The van der Waals surface area contributed by atoms with Gasteiger partial charge in [-0.1, -0.05) is 41.5 Å². The standard InChI is InChI=1S/C24H31F4N3O2/c1-23(2,3)16(13-9-29-22(30-10-13)24(4,5)6)21(32)33-12-15-19(27)17(25)14(11-31(7)8)18(26)20(15)28/h9-10,16H,11-12H2,1-8H3. The molecule has 1 atom stereocenters. The molecule has 0 spiro atoms. The van der Waals surface area contributed by atoms with Crippen LogP contribution in [0.3, 0.4) is 0 Å². The quantitative estimate of drug-likeness (QED) is 0.328. The van der Waals surface area contributed by atoms with Crippen LogP contribution < -0.4 is 0 Å². The lowest BCUT2D eigenvalue weighted by atomic mass is 9.77. The van der Waals surface area contributed by atoms with Crippen molar-refractivity contribution >= 4 is 5.97 Å². The number of carbonyl (C=O) groups is 1.